The zero-order chi connectivity index (χ0) is 16.2. The molecule has 2 heterocycles. The van der Waals surface area contributed by atoms with Crippen molar-refractivity contribution in [2.24, 2.45) is 4.99 Å². The molecule has 2 aliphatic heterocycles. The lowest BCUT2D eigenvalue weighted by atomic mass is 10.3. The summed E-state index contributed by atoms with van der Waals surface area (Å²) >= 11 is 0. The fraction of sp³-hybridized carbons (Fsp3) is 0.929. The van der Waals surface area contributed by atoms with Crippen LogP contribution >= 0.6 is 24.0 Å². The van der Waals surface area contributed by atoms with Gasteiger partial charge >= 0.3 is 0 Å². The van der Waals surface area contributed by atoms with E-state index >= 15 is 0 Å². The summed E-state index contributed by atoms with van der Waals surface area (Å²) in [5, 5.41) is 3.17. The van der Waals surface area contributed by atoms with E-state index in [0.29, 0.717) is 19.6 Å². The van der Waals surface area contributed by atoms with Crippen LogP contribution in [0.5, 0.6) is 0 Å². The smallest absolute Gasteiger partial charge is 0.216 e. The number of aliphatic imine (C=N–C) groups is 1. The highest BCUT2D eigenvalue weighted by atomic mass is 127. The number of sulfonamides is 1. The summed E-state index contributed by atoms with van der Waals surface area (Å²) in [5.41, 5.74) is 0. The maximum Gasteiger partial charge on any atom is 0.216 e. The molecule has 23 heavy (non-hydrogen) atoms. The molecule has 2 atom stereocenters. The summed E-state index contributed by atoms with van der Waals surface area (Å²) in [5.74, 6) is 0.885. The van der Waals surface area contributed by atoms with Crippen LogP contribution in [0.25, 0.3) is 0 Å². The van der Waals surface area contributed by atoms with Crippen molar-refractivity contribution in [3.05, 3.63) is 0 Å². The molecular formula is C14H29IN4O3S. The monoisotopic (exact) mass is 460 g/mol. The van der Waals surface area contributed by atoms with Gasteiger partial charge in [0.15, 0.2) is 5.96 Å². The first-order chi connectivity index (χ1) is 10.4. The number of likely N-dealkylation sites (tertiary alicyclic amines) is 1. The van der Waals surface area contributed by atoms with Crippen molar-refractivity contribution in [1.29, 1.82) is 0 Å². The summed E-state index contributed by atoms with van der Waals surface area (Å²) in [4.78, 5) is 6.40. The van der Waals surface area contributed by atoms with Crippen molar-refractivity contribution in [3.8, 4) is 0 Å². The van der Waals surface area contributed by atoms with Crippen LogP contribution in [-0.2, 0) is 14.8 Å². The van der Waals surface area contributed by atoms with Crippen LogP contribution in [0.3, 0.4) is 0 Å². The fourth-order valence-electron chi connectivity index (χ4n) is 3.04. The first kappa shape index (κ1) is 20.9. The number of halogens is 1. The third-order valence-electron chi connectivity index (χ3n) is 4.04. The van der Waals surface area contributed by atoms with Crippen LogP contribution in [0, 0.1) is 0 Å². The number of nitrogens with zero attached hydrogens (tertiary/aromatic N) is 3. The highest BCUT2D eigenvalue weighted by Crippen LogP contribution is 2.14. The Kier molecular flexibility index (Phi) is 8.53. The summed E-state index contributed by atoms with van der Waals surface area (Å²) in [6, 6.07) is 0. The summed E-state index contributed by atoms with van der Waals surface area (Å²) < 4.78 is 32.0. The van der Waals surface area contributed by atoms with Gasteiger partial charge in [-0.05, 0) is 26.7 Å². The molecule has 0 aromatic carbocycles. The Hall–Kier alpha value is -0.130. The number of hydrogen-bond donors (Lipinski definition) is 1. The molecule has 0 saturated carbocycles. The van der Waals surface area contributed by atoms with Gasteiger partial charge in [0, 0.05) is 39.8 Å². The quantitative estimate of drug-likeness (QED) is 0.380. The maximum absolute atomic E-state index is 12.4. The van der Waals surface area contributed by atoms with E-state index in [2.05, 4.69) is 15.2 Å². The second-order valence-corrected chi connectivity index (χ2v) is 8.15. The number of morpholine rings is 1. The van der Waals surface area contributed by atoms with E-state index in [0.717, 1.165) is 19.0 Å². The Morgan fingerprint density at radius 2 is 1.78 bits per heavy atom. The predicted octanol–water partition coefficient (Wildman–Crippen LogP) is 0.715. The van der Waals surface area contributed by atoms with Crippen molar-refractivity contribution in [2.45, 2.75) is 38.9 Å². The van der Waals surface area contributed by atoms with Gasteiger partial charge in [-0.25, -0.2) is 8.42 Å². The molecule has 0 spiro atoms. The first-order valence-electron chi connectivity index (χ1n) is 8.01. The SMILES string of the molecule is CN=C(NCCS(=O)(=O)N1CC(C)OC(C)C1)N1CCCC1.I. The number of ether oxygens (including phenoxy) is 1. The normalized spacial score (nSPS) is 26.9. The lowest BCUT2D eigenvalue weighted by Gasteiger charge is -2.34. The molecule has 0 radical (unpaired) electrons. The summed E-state index contributed by atoms with van der Waals surface area (Å²) in [6.07, 6.45) is 2.23. The molecule has 2 saturated heterocycles. The third kappa shape index (κ3) is 6.02. The van der Waals surface area contributed by atoms with E-state index in [4.69, 9.17) is 4.74 Å². The number of hydrogen-bond acceptors (Lipinski definition) is 4. The van der Waals surface area contributed by atoms with Gasteiger partial charge in [-0.15, -0.1) is 24.0 Å². The Labute approximate surface area is 156 Å². The molecule has 1 N–H and O–H groups in total. The first-order valence-corrected chi connectivity index (χ1v) is 9.62. The molecule has 9 heteroatoms. The zero-order valence-electron chi connectivity index (χ0n) is 14.2. The Bertz CT molecular complexity index is 484. The van der Waals surface area contributed by atoms with Crippen LogP contribution in [0.2, 0.25) is 0 Å². The van der Waals surface area contributed by atoms with Gasteiger partial charge in [0.1, 0.15) is 0 Å². The van der Waals surface area contributed by atoms with E-state index in [1.807, 2.05) is 13.8 Å². The van der Waals surface area contributed by atoms with Crippen molar-refractivity contribution in [3.63, 3.8) is 0 Å². The zero-order valence-corrected chi connectivity index (χ0v) is 17.3. The molecule has 0 aromatic heterocycles. The van der Waals surface area contributed by atoms with Gasteiger partial charge in [0.05, 0.1) is 18.0 Å². The molecule has 7 nitrogen and oxygen atoms in total. The van der Waals surface area contributed by atoms with E-state index in [-0.39, 0.29) is 41.9 Å². The molecule has 0 aliphatic carbocycles. The molecule has 2 fully saturated rings. The average molecular weight is 460 g/mol. The standard InChI is InChI=1S/C14H28N4O3S.HI/c1-12-10-18(11-13(2)21-12)22(19,20)9-6-16-14(15-3)17-7-4-5-8-17;/h12-13H,4-11H2,1-3H3,(H,15,16);1H. The Morgan fingerprint density at radius 1 is 1.22 bits per heavy atom. The lowest BCUT2D eigenvalue weighted by Crippen LogP contribution is -2.50. The van der Waals surface area contributed by atoms with Crippen LogP contribution in [0.1, 0.15) is 26.7 Å². The van der Waals surface area contributed by atoms with E-state index in [9.17, 15) is 8.42 Å². The van der Waals surface area contributed by atoms with E-state index in [1.165, 1.54) is 12.8 Å². The van der Waals surface area contributed by atoms with Crippen LogP contribution in [0.4, 0.5) is 0 Å². The van der Waals surface area contributed by atoms with Gasteiger partial charge in [-0.2, -0.15) is 4.31 Å². The minimum absolute atomic E-state index is 0. The number of nitrogens with one attached hydrogen (secondary N) is 1. The van der Waals surface area contributed by atoms with Gasteiger partial charge in [0.2, 0.25) is 10.0 Å². The number of rotatable bonds is 4. The second-order valence-electron chi connectivity index (χ2n) is 6.06. The molecule has 2 rings (SSSR count). The second kappa shape index (κ2) is 9.38. The fourth-order valence-corrected chi connectivity index (χ4v) is 4.53. The average Bonchev–Trinajstić information content (AvgIpc) is 2.96. The lowest BCUT2D eigenvalue weighted by molar-refractivity contribution is -0.0440. The van der Waals surface area contributed by atoms with Gasteiger partial charge in [-0.3, -0.25) is 4.99 Å². The van der Waals surface area contributed by atoms with Crippen molar-refractivity contribution in [2.75, 3.05) is 45.5 Å². The van der Waals surface area contributed by atoms with Gasteiger partial charge < -0.3 is 15.0 Å². The minimum Gasteiger partial charge on any atom is -0.373 e. The van der Waals surface area contributed by atoms with Crippen LogP contribution in [-0.4, -0.2) is 81.3 Å². The van der Waals surface area contributed by atoms with Crippen molar-refractivity contribution >= 4 is 40.0 Å². The summed E-state index contributed by atoms with van der Waals surface area (Å²) in [6.45, 7) is 7.06. The highest BCUT2D eigenvalue weighted by Gasteiger charge is 2.30. The van der Waals surface area contributed by atoms with E-state index < -0.39 is 10.0 Å². The minimum atomic E-state index is -3.26. The molecule has 136 valence electrons. The summed E-state index contributed by atoms with van der Waals surface area (Å²) in [7, 11) is -1.52. The topological polar surface area (TPSA) is 74.2 Å². The Morgan fingerprint density at radius 3 is 2.30 bits per heavy atom. The predicted molar refractivity (Wildman–Crippen MR) is 103 cm³/mol. The molecule has 2 aliphatic rings. The molecule has 0 bridgehead atoms. The largest absolute Gasteiger partial charge is 0.373 e. The molecule has 0 aromatic rings. The van der Waals surface area contributed by atoms with Crippen LogP contribution in [0.15, 0.2) is 4.99 Å². The van der Waals surface area contributed by atoms with E-state index in [1.54, 1.807) is 11.4 Å². The maximum atomic E-state index is 12.4. The molecule has 2 unspecified atom stereocenters. The van der Waals surface area contributed by atoms with Crippen LogP contribution < -0.4 is 5.32 Å². The van der Waals surface area contributed by atoms with Gasteiger partial charge in [0.25, 0.3) is 0 Å². The number of guanidine groups is 1. The highest BCUT2D eigenvalue weighted by molar-refractivity contribution is 14.0. The Balaban J connectivity index is 0.00000264. The molecular weight excluding hydrogens is 431 g/mol. The van der Waals surface area contributed by atoms with Gasteiger partial charge in [-0.1, -0.05) is 0 Å². The third-order valence-corrected chi connectivity index (χ3v) is 5.84. The van der Waals surface area contributed by atoms with Crippen molar-refractivity contribution < 1.29 is 13.2 Å². The molecule has 0 amide bonds. The van der Waals surface area contributed by atoms with Crippen molar-refractivity contribution in [1.82, 2.24) is 14.5 Å².